The van der Waals surface area contributed by atoms with E-state index in [1.165, 1.54) is 7.11 Å². The van der Waals surface area contributed by atoms with Gasteiger partial charge in [0, 0.05) is 44.4 Å². The Labute approximate surface area is 250 Å². The van der Waals surface area contributed by atoms with Gasteiger partial charge in [0.25, 0.3) is 0 Å². The van der Waals surface area contributed by atoms with E-state index in [1.54, 1.807) is 12.1 Å². The minimum absolute atomic E-state index is 0.0191. The first kappa shape index (κ1) is 32.5. The minimum Gasteiger partial charge on any atom is -0.504 e. The fourth-order valence-electron chi connectivity index (χ4n) is 7.37. The lowest BCUT2D eigenvalue weighted by molar-refractivity contribution is -0.124. The molecule has 5 N–H and O–H groups in total. The van der Waals surface area contributed by atoms with Gasteiger partial charge in [-0.05, 0) is 98.9 Å². The highest BCUT2D eigenvalue weighted by atomic mass is 16.5. The number of piperidine rings is 1. The first-order valence-electron chi connectivity index (χ1n) is 15.9. The van der Waals surface area contributed by atoms with Crippen molar-refractivity contribution in [1.29, 1.82) is 0 Å². The molecule has 8 nitrogen and oxygen atoms in total. The number of ketones is 2. The van der Waals surface area contributed by atoms with Gasteiger partial charge in [-0.2, -0.15) is 0 Å². The number of aliphatic hydroxyl groups excluding tert-OH is 3. The van der Waals surface area contributed by atoms with E-state index < -0.39 is 12.0 Å². The summed E-state index contributed by atoms with van der Waals surface area (Å²) in [6, 6.07) is 3.72. The van der Waals surface area contributed by atoms with Crippen LogP contribution in [0.2, 0.25) is 0 Å². The van der Waals surface area contributed by atoms with Crippen LogP contribution in [0.3, 0.4) is 0 Å². The van der Waals surface area contributed by atoms with Crippen molar-refractivity contribution in [3.63, 3.8) is 0 Å². The van der Waals surface area contributed by atoms with Crippen LogP contribution in [0.4, 0.5) is 0 Å². The number of rotatable bonds is 13. The van der Waals surface area contributed by atoms with Gasteiger partial charge in [0.1, 0.15) is 11.7 Å². The molecular formula is C34H49NO7. The number of nitrogens with one attached hydrogen (secondary N) is 1. The van der Waals surface area contributed by atoms with E-state index in [0.29, 0.717) is 73.9 Å². The number of fused-ring (bicyclic) bond motifs is 2. The highest BCUT2D eigenvalue weighted by Gasteiger charge is 2.37. The zero-order chi connectivity index (χ0) is 30.1. The Morgan fingerprint density at radius 1 is 1.02 bits per heavy atom. The second-order valence-corrected chi connectivity index (χ2v) is 12.6. The topological polar surface area (TPSA) is 136 Å². The van der Waals surface area contributed by atoms with Crippen molar-refractivity contribution >= 4 is 11.6 Å². The maximum atomic E-state index is 13.3. The van der Waals surface area contributed by atoms with Crippen LogP contribution in [0.1, 0.15) is 94.1 Å². The lowest BCUT2D eigenvalue weighted by Gasteiger charge is -2.42. The number of phenols is 1. The summed E-state index contributed by atoms with van der Waals surface area (Å²) in [5.74, 6) is 7.36. The van der Waals surface area contributed by atoms with Gasteiger partial charge in [0.2, 0.25) is 0 Å². The molecule has 0 radical (unpaired) electrons. The van der Waals surface area contributed by atoms with Crippen molar-refractivity contribution in [1.82, 2.24) is 5.32 Å². The second-order valence-electron chi connectivity index (χ2n) is 12.6. The van der Waals surface area contributed by atoms with Gasteiger partial charge in [0.15, 0.2) is 17.3 Å². The second kappa shape index (κ2) is 15.9. The fraction of sp³-hybridized carbons (Fsp3) is 0.706. The highest BCUT2D eigenvalue weighted by molar-refractivity contribution is 5.85. The molecular weight excluding hydrogens is 534 g/mol. The number of methoxy groups -OCH3 is 1. The molecule has 0 bridgehead atoms. The molecule has 1 saturated carbocycles. The molecule has 1 aromatic rings. The predicted molar refractivity (Wildman–Crippen MR) is 160 cm³/mol. The van der Waals surface area contributed by atoms with Gasteiger partial charge in [-0.25, -0.2) is 0 Å². The van der Waals surface area contributed by atoms with Crippen molar-refractivity contribution in [3.8, 4) is 23.3 Å². The molecule has 1 saturated heterocycles. The van der Waals surface area contributed by atoms with Crippen LogP contribution < -0.4 is 10.1 Å². The van der Waals surface area contributed by atoms with Gasteiger partial charge in [-0.1, -0.05) is 24.7 Å². The smallest absolute Gasteiger partial charge is 0.160 e. The van der Waals surface area contributed by atoms with E-state index in [0.717, 1.165) is 56.2 Å². The SMILES string of the molecule is COc1cc2c(cc1O)C(CCCO)C#CC(C(O)CCCC(CCCO)C1CNC3CC(=O)CCC3C1)C(=O)CC2. The summed E-state index contributed by atoms with van der Waals surface area (Å²) in [7, 11) is 1.49. The van der Waals surface area contributed by atoms with Gasteiger partial charge in [0.05, 0.1) is 13.2 Å². The van der Waals surface area contributed by atoms with Crippen molar-refractivity contribution < 1.29 is 34.8 Å². The van der Waals surface area contributed by atoms with E-state index in [1.807, 2.05) is 0 Å². The first-order valence-corrected chi connectivity index (χ1v) is 15.9. The Bertz CT molecular complexity index is 1120. The monoisotopic (exact) mass is 583 g/mol. The molecule has 0 amide bonds. The maximum absolute atomic E-state index is 13.3. The largest absolute Gasteiger partial charge is 0.504 e. The van der Waals surface area contributed by atoms with Crippen molar-refractivity contribution in [2.75, 3.05) is 26.9 Å². The molecule has 1 aliphatic heterocycles. The Morgan fingerprint density at radius 2 is 1.81 bits per heavy atom. The number of carbonyl (C=O) groups excluding carboxylic acids is 2. The van der Waals surface area contributed by atoms with E-state index in [9.17, 15) is 30.0 Å². The number of carbonyl (C=O) groups is 2. The number of Topliss-reactive ketones (excluding diaryl/α,β-unsaturated/α-hetero) is 2. The number of hydrogen-bond donors (Lipinski definition) is 5. The summed E-state index contributed by atoms with van der Waals surface area (Å²) in [5, 5.41) is 44.3. The third kappa shape index (κ3) is 8.35. The standard InChI is InChI=1S/C34H49NO7/c1-42-34-18-24-11-14-32(40)28(13-10-23(7-4-16-37)29(24)20-33(34)41)31(39)8-2-5-22(6-3-15-36)26-17-25-9-12-27(38)19-30(25)35-21-26/h18,20,22-23,25-26,28,30-31,35-37,39,41H,2-9,11-12,14-17,19,21H2,1H3. The van der Waals surface area contributed by atoms with Gasteiger partial charge in [-0.15, -0.1) is 0 Å². The van der Waals surface area contributed by atoms with Gasteiger partial charge >= 0.3 is 0 Å². The van der Waals surface area contributed by atoms with E-state index in [-0.39, 0.29) is 37.1 Å². The zero-order valence-corrected chi connectivity index (χ0v) is 25.0. The molecule has 3 aliphatic rings. The number of hydrogen-bond acceptors (Lipinski definition) is 8. The van der Waals surface area contributed by atoms with Gasteiger partial charge < -0.3 is 30.5 Å². The molecule has 2 aliphatic carbocycles. The predicted octanol–water partition coefficient (Wildman–Crippen LogP) is 3.66. The quantitative estimate of drug-likeness (QED) is 0.222. The zero-order valence-electron chi connectivity index (χ0n) is 25.0. The summed E-state index contributed by atoms with van der Waals surface area (Å²) in [6.07, 6.45) is 8.16. The summed E-state index contributed by atoms with van der Waals surface area (Å²) in [5.41, 5.74) is 1.73. The normalized spacial score (nSPS) is 27.4. The molecule has 1 heterocycles. The van der Waals surface area contributed by atoms with Crippen LogP contribution >= 0.6 is 0 Å². The van der Waals surface area contributed by atoms with Crippen molar-refractivity contribution in [2.45, 2.75) is 102 Å². The molecule has 7 atom stereocenters. The van der Waals surface area contributed by atoms with Crippen LogP contribution in [0.25, 0.3) is 0 Å². The van der Waals surface area contributed by atoms with E-state index in [2.05, 4.69) is 17.2 Å². The summed E-state index contributed by atoms with van der Waals surface area (Å²) in [4.78, 5) is 25.2. The number of phenolic OH excluding ortho intramolecular Hbond substituents is 1. The molecule has 0 aromatic heterocycles. The molecule has 7 unspecified atom stereocenters. The number of ether oxygens (including phenoxy) is 1. The molecule has 8 heteroatoms. The summed E-state index contributed by atoms with van der Waals surface area (Å²) in [6.45, 7) is 1.07. The van der Waals surface area contributed by atoms with Crippen LogP contribution in [0.15, 0.2) is 12.1 Å². The summed E-state index contributed by atoms with van der Waals surface area (Å²) < 4.78 is 5.30. The minimum atomic E-state index is -0.871. The Kier molecular flexibility index (Phi) is 12.3. The number of aromatic hydroxyl groups is 1. The number of benzene rings is 1. The fourth-order valence-corrected chi connectivity index (χ4v) is 7.37. The number of aliphatic hydroxyl groups is 3. The highest BCUT2D eigenvalue weighted by Crippen LogP contribution is 2.38. The molecule has 42 heavy (non-hydrogen) atoms. The Balaban J connectivity index is 1.41. The van der Waals surface area contributed by atoms with E-state index >= 15 is 0 Å². The van der Waals surface area contributed by atoms with Crippen LogP contribution in [0, 0.1) is 35.5 Å². The lowest BCUT2D eigenvalue weighted by Crippen LogP contribution is -2.50. The maximum Gasteiger partial charge on any atom is 0.160 e. The van der Waals surface area contributed by atoms with Crippen LogP contribution in [0.5, 0.6) is 11.5 Å². The third-order valence-electron chi connectivity index (χ3n) is 9.79. The number of aryl methyl sites for hydroxylation is 1. The summed E-state index contributed by atoms with van der Waals surface area (Å²) >= 11 is 0. The molecule has 4 rings (SSSR count). The molecule has 2 fully saturated rings. The molecule has 0 spiro atoms. The van der Waals surface area contributed by atoms with Crippen molar-refractivity contribution in [3.05, 3.63) is 23.3 Å². The lowest BCUT2D eigenvalue weighted by atomic mass is 9.70. The Hall–Kier alpha value is -2.44. The average molecular weight is 584 g/mol. The van der Waals surface area contributed by atoms with Crippen LogP contribution in [-0.2, 0) is 16.0 Å². The van der Waals surface area contributed by atoms with Crippen LogP contribution in [-0.4, -0.2) is 71.0 Å². The molecule has 1 aromatic carbocycles. The average Bonchev–Trinajstić information content (AvgIpc) is 3.05. The van der Waals surface area contributed by atoms with Gasteiger partial charge in [-0.3, -0.25) is 9.59 Å². The van der Waals surface area contributed by atoms with E-state index in [4.69, 9.17) is 4.74 Å². The van der Waals surface area contributed by atoms with Crippen molar-refractivity contribution in [2.24, 2.45) is 23.7 Å². The molecule has 232 valence electrons. The first-order chi connectivity index (χ1) is 20.3. The third-order valence-corrected chi connectivity index (χ3v) is 9.79. The Morgan fingerprint density at radius 3 is 2.57 bits per heavy atom.